The zero-order valence-electron chi connectivity index (χ0n) is 10.3. The first-order valence-corrected chi connectivity index (χ1v) is 7.66. The average molecular weight is 262 g/mol. The third-order valence-corrected chi connectivity index (χ3v) is 4.52. The van der Waals surface area contributed by atoms with Crippen LogP contribution in [-0.2, 0) is 4.79 Å². The predicted octanol–water partition coefficient (Wildman–Crippen LogP) is 1.92. The number of hydrogen-bond donors (Lipinski definition) is 2. The van der Waals surface area contributed by atoms with Crippen molar-refractivity contribution in [1.82, 2.24) is 10.6 Å². The highest BCUT2D eigenvalue weighted by Crippen LogP contribution is 2.41. The molecule has 1 amide bonds. The lowest BCUT2D eigenvalue weighted by Gasteiger charge is -2.21. The van der Waals surface area contributed by atoms with E-state index in [4.69, 9.17) is 0 Å². The quantitative estimate of drug-likeness (QED) is 0.871. The summed E-state index contributed by atoms with van der Waals surface area (Å²) in [5.74, 6) is 2.56. The molecule has 1 heterocycles. The van der Waals surface area contributed by atoms with Crippen LogP contribution in [0.5, 0.6) is 0 Å². The van der Waals surface area contributed by atoms with Crippen LogP contribution in [0, 0.1) is 5.92 Å². The number of rotatable bonds is 4. The molecule has 1 aliphatic carbocycles. The molecule has 18 heavy (non-hydrogen) atoms. The van der Waals surface area contributed by atoms with E-state index in [0.717, 1.165) is 11.6 Å². The molecule has 0 spiro atoms. The van der Waals surface area contributed by atoms with Gasteiger partial charge >= 0.3 is 0 Å². The smallest absolute Gasteiger partial charge is 0.238 e. The van der Waals surface area contributed by atoms with E-state index in [-0.39, 0.29) is 18.0 Å². The van der Waals surface area contributed by atoms with Crippen LogP contribution in [-0.4, -0.2) is 23.6 Å². The summed E-state index contributed by atoms with van der Waals surface area (Å²) in [6.45, 7) is 0. The summed E-state index contributed by atoms with van der Waals surface area (Å²) in [5.41, 5.74) is 1.24. The Kier molecular flexibility index (Phi) is 3.57. The monoisotopic (exact) mass is 262 g/mol. The van der Waals surface area contributed by atoms with E-state index in [1.807, 2.05) is 18.2 Å². The van der Waals surface area contributed by atoms with Crippen LogP contribution >= 0.6 is 11.8 Å². The molecule has 4 heteroatoms. The van der Waals surface area contributed by atoms with Crippen molar-refractivity contribution >= 4 is 17.7 Å². The predicted molar refractivity (Wildman–Crippen MR) is 74.3 cm³/mol. The van der Waals surface area contributed by atoms with Gasteiger partial charge in [0.2, 0.25) is 5.91 Å². The van der Waals surface area contributed by atoms with Crippen LogP contribution in [0.3, 0.4) is 0 Å². The van der Waals surface area contributed by atoms with Gasteiger partial charge in [0.15, 0.2) is 0 Å². The normalized spacial score (nSPS) is 24.8. The summed E-state index contributed by atoms with van der Waals surface area (Å²) in [7, 11) is 0. The molecule has 3 nitrogen and oxygen atoms in total. The van der Waals surface area contributed by atoms with Crippen molar-refractivity contribution in [1.29, 1.82) is 0 Å². The van der Waals surface area contributed by atoms with Gasteiger partial charge in [-0.05, 0) is 24.3 Å². The van der Waals surface area contributed by atoms with Crippen LogP contribution in [0.4, 0.5) is 0 Å². The zero-order chi connectivity index (χ0) is 12.4. The summed E-state index contributed by atoms with van der Waals surface area (Å²) in [4.78, 5) is 12.2. The zero-order valence-corrected chi connectivity index (χ0v) is 11.1. The highest BCUT2D eigenvalue weighted by molar-refractivity contribution is 7.99. The Morgan fingerprint density at radius 3 is 2.72 bits per heavy atom. The SMILES string of the molecule is O=C(NC(c1ccccc1)C1CC1)C1CSCN1. The van der Waals surface area contributed by atoms with Crippen molar-refractivity contribution in [3.05, 3.63) is 35.9 Å². The van der Waals surface area contributed by atoms with Crippen molar-refractivity contribution in [3.63, 3.8) is 0 Å². The lowest BCUT2D eigenvalue weighted by atomic mass is 10.0. The fraction of sp³-hybridized carbons (Fsp3) is 0.500. The molecule has 2 atom stereocenters. The number of nitrogens with one attached hydrogen (secondary N) is 2. The van der Waals surface area contributed by atoms with E-state index in [9.17, 15) is 4.79 Å². The molecule has 2 unspecified atom stereocenters. The number of carbonyl (C=O) groups is 1. The molecule has 1 aliphatic heterocycles. The van der Waals surface area contributed by atoms with E-state index in [0.29, 0.717) is 5.92 Å². The molecule has 1 saturated carbocycles. The van der Waals surface area contributed by atoms with Gasteiger partial charge in [0.1, 0.15) is 0 Å². The number of carbonyl (C=O) groups excluding carboxylic acids is 1. The number of amides is 1. The maximum atomic E-state index is 12.2. The van der Waals surface area contributed by atoms with E-state index in [1.165, 1.54) is 18.4 Å². The molecule has 0 radical (unpaired) electrons. The molecule has 2 N–H and O–H groups in total. The molecular formula is C14H18N2OS. The first-order valence-electron chi connectivity index (χ1n) is 6.51. The van der Waals surface area contributed by atoms with Crippen molar-refractivity contribution < 1.29 is 4.79 Å². The van der Waals surface area contributed by atoms with Gasteiger partial charge in [-0.3, -0.25) is 10.1 Å². The highest BCUT2D eigenvalue weighted by Gasteiger charge is 2.35. The van der Waals surface area contributed by atoms with Gasteiger partial charge in [-0.15, -0.1) is 11.8 Å². The van der Waals surface area contributed by atoms with Gasteiger partial charge in [0, 0.05) is 11.6 Å². The Balaban J connectivity index is 1.69. The van der Waals surface area contributed by atoms with Gasteiger partial charge < -0.3 is 5.32 Å². The Labute approximate surface area is 112 Å². The Bertz CT molecular complexity index is 413. The molecule has 2 fully saturated rings. The Hall–Kier alpha value is -1.00. The second-order valence-corrected chi connectivity index (χ2v) is 6.04. The van der Waals surface area contributed by atoms with Crippen molar-refractivity contribution in [2.75, 3.05) is 11.6 Å². The van der Waals surface area contributed by atoms with Gasteiger partial charge in [-0.1, -0.05) is 30.3 Å². The summed E-state index contributed by atoms with van der Waals surface area (Å²) in [6.07, 6.45) is 2.46. The summed E-state index contributed by atoms with van der Waals surface area (Å²) >= 11 is 1.79. The second kappa shape index (κ2) is 5.33. The topological polar surface area (TPSA) is 41.1 Å². The van der Waals surface area contributed by atoms with Crippen LogP contribution in [0.1, 0.15) is 24.4 Å². The Morgan fingerprint density at radius 1 is 1.33 bits per heavy atom. The third kappa shape index (κ3) is 2.70. The van der Waals surface area contributed by atoms with Gasteiger partial charge in [-0.2, -0.15) is 0 Å². The van der Waals surface area contributed by atoms with E-state index in [2.05, 4.69) is 22.8 Å². The summed E-state index contributed by atoms with van der Waals surface area (Å²) < 4.78 is 0. The van der Waals surface area contributed by atoms with E-state index in [1.54, 1.807) is 11.8 Å². The number of thioether (sulfide) groups is 1. The lowest BCUT2D eigenvalue weighted by Crippen LogP contribution is -2.44. The molecule has 1 saturated heterocycles. The molecule has 3 rings (SSSR count). The van der Waals surface area contributed by atoms with Gasteiger partial charge in [0.05, 0.1) is 12.1 Å². The highest BCUT2D eigenvalue weighted by atomic mass is 32.2. The summed E-state index contributed by atoms with van der Waals surface area (Å²) in [6, 6.07) is 10.5. The standard InChI is InChI=1S/C14H18N2OS/c17-14(12-8-18-9-15-12)16-13(11-6-7-11)10-4-2-1-3-5-10/h1-5,11-13,15H,6-9H2,(H,16,17). The molecule has 2 aliphatic rings. The minimum absolute atomic E-state index is 0.0139. The summed E-state index contributed by atoms with van der Waals surface area (Å²) in [5, 5.41) is 6.45. The van der Waals surface area contributed by atoms with E-state index >= 15 is 0 Å². The fourth-order valence-electron chi connectivity index (χ4n) is 2.38. The molecule has 0 bridgehead atoms. The minimum Gasteiger partial charge on any atom is -0.348 e. The second-order valence-electron chi connectivity index (χ2n) is 5.01. The van der Waals surface area contributed by atoms with Crippen LogP contribution in [0.2, 0.25) is 0 Å². The maximum Gasteiger partial charge on any atom is 0.238 e. The van der Waals surface area contributed by atoms with Crippen molar-refractivity contribution in [2.24, 2.45) is 5.92 Å². The van der Waals surface area contributed by atoms with Gasteiger partial charge in [-0.25, -0.2) is 0 Å². The fourth-order valence-corrected chi connectivity index (χ4v) is 3.32. The molecule has 1 aromatic rings. The van der Waals surface area contributed by atoms with Crippen LogP contribution in [0.25, 0.3) is 0 Å². The molecule has 1 aromatic carbocycles. The number of hydrogen-bond acceptors (Lipinski definition) is 3. The van der Waals surface area contributed by atoms with Crippen molar-refractivity contribution in [2.45, 2.75) is 24.9 Å². The number of benzene rings is 1. The van der Waals surface area contributed by atoms with E-state index < -0.39 is 0 Å². The molecule has 96 valence electrons. The van der Waals surface area contributed by atoms with Gasteiger partial charge in [0.25, 0.3) is 0 Å². The average Bonchev–Trinajstić information content (AvgIpc) is 3.10. The lowest BCUT2D eigenvalue weighted by molar-refractivity contribution is -0.123. The first-order chi connectivity index (χ1) is 8.84. The van der Waals surface area contributed by atoms with Crippen LogP contribution in [0.15, 0.2) is 30.3 Å². The third-order valence-electron chi connectivity index (χ3n) is 3.58. The van der Waals surface area contributed by atoms with Crippen LogP contribution < -0.4 is 10.6 Å². The Morgan fingerprint density at radius 2 is 2.11 bits per heavy atom. The molecule has 0 aromatic heterocycles. The largest absolute Gasteiger partial charge is 0.348 e. The van der Waals surface area contributed by atoms with Crippen molar-refractivity contribution in [3.8, 4) is 0 Å². The first kappa shape index (κ1) is 12.1. The molecular weight excluding hydrogens is 244 g/mol. The minimum atomic E-state index is -0.0139. The maximum absolute atomic E-state index is 12.2.